The van der Waals surface area contributed by atoms with E-state index in [-0.39, 0.29) is 5.41 Å². The van der Waals surface area contributed by atoms with Gasteiger partial charge in [0.05, 0.1) is 5.41 Å². The van der Waals surface area contributed by atoms with E-state index in [0.29, 0.717) is 5.91 Å². The number of amides is 1. The van der Waals surface area contributed by atoms with Gasteiger partial charge in [0.25, 0.3) is 0 Å². The van der Waals surface area contributed by atoms with E-state index in [9.17, 15) is 4.79 Å². The van der Waals surface area contributed by atoms with Gasteiger partial charge in [0.2, 0.25) is 5.91 Å². The maximum Gasteiger partial charge on any atom is 0.230 e. The zero-order valence-corrected chi connectivity index (χ0v) is 11.3. The third-order valence-corrected chi connectivity index (χ3v) is 4.67. The highest BCUT2D eigenvalue weighted by Gasteiger charge is 2.40. The largest absolute Gasteiger partial charge is 0.342 e. The molecule has 2 fully saturated rings. The normalized spacial score (nSPS) is 31.5. The number of rotatable bonds is 2. The lowest BCUT2D eigenvalue weighted by molar-refractivity contribution is -0.145. The second kappa shape index (κ2) is 5.38. The SMILES string of the molecule is CCC1(C(=O)N2CCC(C)CC2)CCCNC1. The molecule has 2 aliphatic rings. The predicted molar refractivity (Wildman–Crippen MR) is 69.8 cm³/mol. The van der Waals surface area contributed by atoms with Crippen LogP contribution in [0.5, 0.6) is 0 Å². The van der Waals surface area contributed by atoms with Gasteiger partial charge in [-0.3, -0.25) is 4.79 Å². The van der Waals surface area contributed by atoms with Gasteiger partial charge in [0.15, 0.2) is 0 Å². The first kappa shape index (κ1) is 12.9. The van der Waals surface area contributed by atoms with Crippen LogP contribution in [0.3, 0.4) is 0 Å². The second-order valence-electron chi connectivity index (χ2n) is 5.89. The van der Waals surface area contributed by atoms with Gasteiger partial charge >= 0.3 is 0 Å². The number of carbonyl (C=O) groups is 1. The first-order chi connectivity index (χ1) is 8.18. The molecule has 1 unspecified atom stereocenters. The molecule has 0 radical (unpaired) electrons. The van der Waals surface area contributed by atoms with Crippen molar-refractivity contribution in [2.45, 2.75) is 46.0 Å². The second-order valence-corrected chi connectivity index (χ2v) is 5.89. The first-order valence-electron chi connectivity index (χ1n) is 7.18. The van der Waals surface area contributed by atoms with Crippen molar-refractivity contribution >= 4 is 5.91 Å². The van der Waals surface area contributed by atoms with Gasteiger partial charge in [0.1, 0.15) is 0 Å². The molecule has 2 aliphatic heterocycles. The van der Waals surface area contributed by atoms with E-state index in [1.807, 2.05) is 0 Å². The Labute approximate surface area is 105 Å². The van der Waals surface area contributed by atoms with E-state index in [1.165, 1.54) is 12.8 Å². The molecule has 1 atom stereocenters. The molecule has 17 heavy (non-hydrogen) atoms. The highest BCUT2D eigenvalue weighted by Crippen LogP contribution is 2.33. The van der Waals surface area contributed by atoms with Crippen LogP contribution in [0.4, 0.5) is 0 Å². The number of piperidine rings is 2. The molecule has 0 aromatic heterocycles. The Morgan fingerprint density at radius 3 is 2.65 bits per heavy atom. The molecule has 98 valence electrons. The number of hydrogen-bond acceptors (Lipinski definition) is 2. The minimum absolute atomic E-state index is 0.0984. The van der Waals surface area contributed by atoms with Crippen LogP contribution in [-0.4, -0.2) is 37.0 Å². The Balaban J connectivity index is 2.01. The fraction of sp³-hybridized carbons (Fsp3) is 0.929. The summed E-state index contributed by atoms with van der Waals surface area (Å²) in [6.07, 6.45) is 5.55. The molecule has 2 saturated heterocycles. The monoisotopic (exact) mass is 238 g/mol. The smallest absolute Gasteiger partial charge is 0.230 e. The van der Waals surface area contributed by atoms with Crippen LogP contribution in [0.15, 0.2) is 0 Å². The number of nitrogens with zero attached hydrogens (tertiary/aromatic N) is 1. The van der Waals surface area contributed by atoms with Crippen molar-refractivity contribution in [1.29, 1.82) is 0 Å². The summed E-state index contributed by atoms with van der Waals surface area (Å²) in [5.74, 6) is 1.21. The zero-order chi connectivity index (χ0) is 12.3. The lowest BCUT2D eigenvalue weighted by Crippen LogP contribution is -2.53. The van der Waals surface area contributed by atoms with Crippen molar-refractivity contribution in [2.24, 2.45) is 11.3 Å². The average Bonchev–Trinajstić information content (AvgIpc) is 2.39. The van der Waals surface area contributed by atoms with Crippen LogP contribution in [0.2, 0.25) is 0 Å². The zero-order valence-electron chi connectivity index (χ0n) is 11.3. The summed E-state index contributed by atoms with van der Waals surface area (Å²) in [4.78, 5) is 14.8. The topological polar surface area (TPSA) is 32.3 Å². The molecule has 0 aromatic rings. The third kappa shape index (κ3) is 2.65. The minimum atomic E-state index is -0.0984. The molecule has 2 rings (SSSR count). The van der Waals surface area contributed by atoms with Crippen molar-refractivity contribution in [1.82, 2.24) is 10.2 Å². The highest BCUT2D eigenvalue weighted by molar-refractivity contribution is 5.83. The van der Waals surface area contributed by atoms with Crippen molar-refractivity contribution in [3.05, 3.63) is 0 Å². The van der Waals surface area contributed by atoms with Gasteiger partial charge in [-0.1, -0.05) is 13.8 Å². The maximum atomic E-state index is 12.7. The number of nitrogens with one attached hydrogen (secondary N) is 1. The molecule has 0 aromatic carbocycles. The molecule has 0 saturated carbocycles. The summed E-state index contributed by atoms with van der Waals surface area (Å²) in [6, 6.07) is 0. The molecule has 1 N–H and O–H groups in total. The summed E-state index contributed by atoms with van der Waals surface area (Å²) in [6.45, 7) is 8.36. The summed E-state index contributed by atoms with van der Waals surface area (Å²) >= 11 is 0. The van der Waals surface area contributed by atoms with Crippen LogP contribution in [0.25, 0.3) is 0 Å². The number of likely N-dealkylation sites (tertiary alicyclic amines) is 1. The Morgan fingerprint density at radius 2 is 2.12 bits per heavy atom. The highest BCUT2D eigenvalue weighted by atomic mass is 16.2. The van der Waals surface area contributed by atoms with Crippen molar-refractivity contribution in [2.75, 3.05) is 26.2 Å². The third-order valence-electron chi connectivity index (χ3n) is 4.67. The molecular formula is C14H26N2O. The predicted octanol–water partition coefficient (Wildman–Crippen LogP) is 2.02. The Hall–Kier alpha value is -0.570. The van der Waals surface area contributed by atoms with Gasteiger partial charge < -0.3 is 10.2 Å². The van der Waals surface area contributed by atoms with Gasteiger partial charge in [0, 0.05) is 19.6 Å². The van der Waals surface area contributed by atoms with E-state index in [4.69, 9.17) is 0 Å². The van der Waals surface area contributed by atoms with Gasteiger partial charge in [-0.05, 0) is 44.6 Å². The molecule has 3 nitrogen and oxygen atoms in total. The van der Waals surface area contributed by atoms with E-state index in [2.05, 4.69) is 24.1 Å². The van der Waals surface area contributed by atoms with E-state index in [1.54, 1.807) is 0 Å². The Kier molecular flexibility index (Phi) is 4.08. The summed E-state index contributed by atoms with van der Waals surface area (Å²) in [5.41, 5.74) is -0.0984. The average molecular weight is 238 g/mol. The van der Waals surface area contributed by atoms with Crippen LogP contribution in [-0.2, 0) is 4.79 Å². The summed E-state index contributed by atoms with van der Waals surface area (Å²) < 4.78 is 0. The number of carbonyl (C=O) groups excluding carboxylic acids is 1. The van der Waals surface area contributed by atoms with Crippen LogP contribution < -0.4 is 5.32 Å². The van der Waals surface area contributed by atoms with E-state index >= 15 is 0 Å². The quantitative estimate of drug-likeness (QED) is 0.798. The van der Waals surface area contributed by atoms with Crippen molar-refractivity contribution in [3.63, 3.8) is 0 Å². The molecule has 2 heterocycles. The standard InChI is InChI=1S/C14H26N2O/c1-3-14(7-4-8-15-11-14)13(17)16-9-5-12(2)6-10-16/h12,15H,3-11H2,1-2H3. The maximum absolute atomic E-state index is 12.7. The molecule has 0 bridgehead atoms. The lowest BCUT2D eigenvalue weighted by atomic mass is 9.76. The van der Waals surface area contributed by atoms with E-state index < -0.39 is 0 Å². The molecule has 1 amide bonds. The van der Waals surface area contributed by atoms with Gasteiger partial charge in [-0.25, -0.2) is 0 Å². The Bertz CT molecular complexity index is 263. The summed E-state index contributed by atoms with van der Waals surface area (Å²) in [5, 5.41) is 3.41. The fourth-order valence-electron chi connectivity index (χ4n) is 3.15. The van der Waals surface area contributed by atoms with Crippen molar-refractivity contribution < 1.29 is 4.79 Å². The lowest BCUT2D eigenvalue weighted by Gasteiger charge is -2.41. The molecular weight excluding hydrogens is 212 g/mol. The van der Waals surface area contributed by atoms with Crippen molar-refractivity contribution in [3.8, 4) is 0 Å². The Morgan fingerprint density at radius 1 is 1.41 bits per heavy atom. The summed E-state index contributed by atoms with van der Waals surface area (Å²) in [7, 11) is 0. The number of hydrogen-bond donors (Lipinski definition) is 1. The van der Waals surface area contributed by atoms with Crippen LogP contribution in [0.1, 0.15) is 46.0 Å². The minimum Gasteiger partial charge on any atom is -0.342 e. The first-order valence-corrected chi connectivity index (χ1v) is 7.18. The molecule has 0 spiro atoms. The van der Waals surface area contributed by atoms with Gasteiger partial charge in [-0.2, -0.15) is 0 Å². The molecule has 3 heteroatoms. The van der Waals surface area contributed by atoms with E-state index in [0.717, 1.165) is 51.4 Å². The molecule has 0 aliphatic carbocycles. The van der Waals surface area contributed by atoms with Crippen LogP contribution in [0, 0.1) is 11.3 Å². The fourth-order valence-corrected chi connectivity index (χ4v) is 3.15. The van der Waals surface area contributed by atoms with Gasteiger partial charge in [-0.15, -0.1) is 0 Å². The van der Waals surface area contributed by atoms with Crippen LogP contribution >= 0.6 is 0 Å².